The molecular formula is C13H18BrNO4S. The second-order valence-electron chi connectivity index (χ2n) is 4.79. The summed E-state index contributed by atoms with van der Waals surface area (Å²) in [5.74, 6) is -0.425. The van der Waals surface area contributed by atoms with E-state index in [1.165, 1.54) is 25.3 Å². The van der Waals surface area contributed by atoms with Gasteiger partial charge in [-0.3, -0.25) is 0 Å². The Hall–Kier alpha value is -0.920. The monoisotopic (exact) mass is 363 g/mol. The van der Waals surface area contributed by atoms with Gasteiger partial charge in [-0.05, 0) is 47.0 Å². The van der Waals surface area contributed by atoms with Crippen molar-refractivity contribution in [1.82, 2.24) is 4.72 Å². The van der Waals surface area contributed by atoms with E-state index in [4.69, 9.17) is 0 Å². The van der Waals surface area contributed by atoms with Crippen LogP contribution in [0.15, 0.2) is 27.6 Å². The molecule has 0 aliphatic rings. The number of esters is 1. The maximum atomic E-state index is 12.2. The van der Waals surface area contributed by atoms with Crippen LogP contribution in [-0.2, 0) is 14.8 Å². The van der Waals surface area contributed by atoms with E-state index < -0.39 is 16.0 Å². The molecule has 0 radical (unpaired) electrons. The minimum Gasteiger partial charge on any atom is -0.465 e. The Morgan fingerprint density at radius 3 is 2.40 bits per heavy atom. The van der Waals surface area contributed by atoms with Crippen LogP contribution in [0.1, 0.15) is 31.1 Å². The minimum absolute atomic E-state index is 0.0357. The molecule has 1 N–H and O–H groups in total. The summed E-state index contributed by atoms with van der Waals surface area (Å²) in [4.78, 5) is 11.6. The Morgan fingerprint density at radius 2 is 1.90 bits per heavy atom. The molecule has 1 aromatic rings. The quantitative estimate of drug-likeness (QED) is 0.815. The number of hydrogen-bond acceptors (Lipinski definition) is 4. The smallest absolute Gasteiger partial charge is 0.339 e. The van der Waals surface area contributed by atoms with Crippen molar-refractivity contribution in [2.45, 2.75) is 31.7 Å². The summed E-state index contributed by atoms with van der Waals surface area (Å²) in [5, 5.41) is 0. The normalized spacial score (nSPS) is 13.3. The zero-order valence-electron chi connectivity index (χ0n) is 11.8. The van der Waals surface area contributed by atoms with E-state index in [0.29, 0.717) is 4.47 Å². The number of rotatable bonds is 5. The first-order valence-corrected chi connectivity index (χ1v) is 8.37. The fourth-order valence-electron chi connectivity index (χ4n) is 1.39. The van der Waals surface area contributed by atoms with Crippen molar-refractivity contribution in [1.29, 1.82) is 0 Å². The van der Waals surface area contributed by atoms with E-state index in [2.05, 4.69) is 25.4 Å². The highest BCUT2D eigenvalue weighted by molar-refractivity contribution is 9.10. The summed E-state index contributed by atoms with van der Waals surface area (Å²) >= 11 is 3.20. The van der Waals surface area contributed by atoms with Gasteiger partial charge in [0.05, 0.1) is 17.6 Å². The predicted octanol–water partition coefficient (Wildman–Crippen LogP) is 2.56. The third kappa shape index (κ3) is 4.04. The van der Waals surface area contributed by atoms with Crippen LogP contribution in [0.5, 0.6) is 0 Å². The van der Waals surface area contributed by atoms with Gasteiger partial charge in [0, 0.05) is 10.5 Å². The predicted molar refractivity (Wildman–Crippen MR) is 80.1 cm³/mol. The van der Waals surface area contributed by atoms with Crippen molar-refractivity contribution in [2.24, 2.45) is 5.92 Å². The number of nitrogens with one attached hydrogen (secondary N) is 1. The van der Waals surface area contributed by atoms with Gasteiger partial charge < -0.3 is 4.74 Å². The van der Waals surface area contributed by atoms with Crippen molar-refractivity contribution in [2.75, 3.05) is 7.11 Å². The fraction of sp³-hybridized carbons (Fsp3) is 0.462. The lowest BCUT2D eigenvalue weighted by molar-refractivity contribution is 0.0599. The van der Waals surface area contributed by atoms with Crippen LogP contribution in [0.4, 0.5) is 0 Å². The number of methoxy groups -OCH3 is 1. The summed E-state index contributed by atoms with van der Waals surface area (Å²) in [6.45, 7) is 5.64. The van der Waals surface area contributed by atoms with Gasteiger partial charge in [0.25, 0.3) is 0 Å². The number of benzene rings is 1. The van der Waals surface area contributed by atoms with Crippen molar-refractivity contribution in [3.8, 4) is 0 Å². The SMILES string of the molecule is COC(=O)c1cc(S(=O)(=O)NC(C)C(C)C)ccc1Br. The molecule has 112 valence electrons. The van der Waals surface area contributed by atoms with Crippen LogP contribution in [0.2, 0.25) is 0 Å². The highest BCUT2D eigenvalue weighted by atomic mass is 79.9. The van der Waals surface area contributed by atoms with E-state index in [-0.39, 0.29) is 22.4 Å². The van der Waals surface area contributed by atoms with E-state index in [1.807, 2.05) is 13.8 Å². The van der Waals surface area contributed by atoms with Crippen molar-refractivity contribution < 1.29 is 17.9 Å². The van der Waals surface area contributed by atoms with Crippen LogP contribution in [0, 0.1) is 5.92 Å². The molecule has 1 unspecified atom stereocenters. The molecule has 1 aromatic carbocycles. The first kappa shape index (κ1) is 17.1. The number of halogens is 1. The van der Waals surface area contributed by atoms with Gasteiger partial charge >= 0.3 is 5.97 Å². The van der Waals surface area contributed by atoms with Crippen LogP contribution >= 0.6 is 15.9 Å². The molecule has 20 heavy (non-hydrogen) atoms. The molecule has 0 heterocycles. The molecule has 0 spiro atoms. The molecule has 0 amide bonds. The lowest BCUT2D eigenvalue weighted by atomic mass is 10.1. The van der Waals surface area contributed by atoms with Gasteiger partial charge in [-0.1, -0.05) is 13.8 Å². The highest BCUT2D eigenvalue weighted by Crippen LogP contribution is 2.22. The number of hydrogen-bond donors (Lipinski definition) is 1. The minimum atomic E-state index is -3.66. The summed E-state index contributed by atoms with van der Waals surface area (Å²) in [7, 11) is -2.42. The average Bonchev–Trinajstić information content (AvgIpc) is 2.37. The van der Waals surface area contributed by atoms with Crippen LogP contribution in [-0.4, -0.2) is 27.5 Å². The molecule has 0 aromatic heterocycles. The second kappa shape index (κ2) is 6.69. The Morgan fingerprint density at radius 1 is 1.30 bits per heavy atom. The largest absolute Gasteiger partial charge is 0.465 e. The molecule has 0 fully saturated rings. The first-order chi connectivity index (χ1) is 9.19. The lowest BCUT2D eigenvalue weighted by Gasteiger charge is -2.17. The molecule has 0 aliphatic heterocycles. The third-order valence-electron chi connectivity index (χ3n) is 2.99. The molecule has 0 saturated carbocycles. The summed E-state index contributed by atoms with van der Waals surface area (Å²) in [6.07, 6.45) is 0. The maximum Gasteiger partial charge on any atom is 0.339 e. The van der Waals surface area contributed by atoms with Crippen molar-refractivity contribution >= 4 is 31.9 Å². The molecule has 1 atom stereocenters. The molecule has 7 heteroatoms. The molecule has 1 rings (SSSR count). The van der Waals surface area contributed by atoms with E-state index in [9.17, 15) is 13.2 Å². The molecule has 0 aliphatic carbocycles. The van der Waals surface area contributed by atoms with Crippen molar-refractivity contribution in [3.05, 3.63) is 28.2 Å². The number of carbonyl (C=O) groups excluding carboxylic acids is 1. The Bertz CT molecular complexity index is 598. The van der Waals surface area contributed by atoms with Crippen molar-refractivity contribution in [3.63, 3.8) is 0 Å². The Labute approximate surface area is 127 Å². The number of carbonyl (C=O) groups is 1. The third-order valence-corrected chi connectivity index (χ3v) is 5.24. The van der Waals surface area contributed by atoms with Crippen LogP contribution in [0.25, 0.3) is 0 Å². The molecular weight excluding hydrogens is 346 g/mol. The van der Waals surface area contributed by atoms with E-state index >= 15 is 0 Å². The average molecular weight is 364 g/mol. The van der Waals surface area contributed by atoms with E-state index in [0.717, 1.165) is 0 Å². The Kier molecular flexibility index (Phi) is 5.73. The molecule has 0 saturated heterocycles. The molecule has 0 bridgehead atoms. The second-order valence-corrected chi connectivity index (χ2v) is 7.36. The van der Waals surface area contributed by atoms with Gasteiger partial charge in [0.15, 0.2) is 0 Å². The summed E-state index contributed by atoms with van der Waals surface area (Å²) in [6, 6.07) is 4.04. The van der Waals surface area contributed by atoms with E-state index in [1.54, 1.807) is 6.92 Å². The maximum absolute atomic E-state index is 12.2. The Balaban J connectivity index is 3.17. The van der Waals surface area contributed by atoms with Gasteiger partial charge in [-0.15, -0.1) is 0 Å². The summed E-state index contributed by atoms with van der Waals surface area (Å²) in [5.41, 5.74) is 0.174. The molecule has 5 nitrogen and oxygen atoms in total. The zero-order valence-corrected chi connectivity index (χ0v) is 14.2. The first-order valence-electron chi connectivity index (χ1n) is 6.09. The highest BCUT2D eigenvalue weighted by Gasteiger charge is 2.21. The lowest BCUT2D eigenvalue weighted by Crippen LogP contribution is -2.36. The summed E-state index contributed by atoms with van der Waals surface area (Å²) < 4.78 is 32.2. The van der Waals surface area contributed by atoms with Gasteiger partial charge in [0.1, 0.15) is 0 Å². The standard InChI is InChI=1S/C13H18BrNO4S/c1-8(2)9(3)15-20(17,18)10-5-6-12(14)11(7-10)13(16)19-4/h5-9,15H,1-4H3. The van der Waals surface area contributed by atoms with Gasteiger partial charge in [-0.25, -0.2) is 17.9 Å². The number of ether oxygens (including phenoxy) is 1. The topological polar surface area (TPSA) is 72.5 Å². The number of sulfonamides is 1. The van der Waals surface area contributed by atoms with Crippen LogP contribution < -0.4 is 4.72 Å². The van der Waals surface area contributed by atoms with Gasteiger partial charge in [-0.2, -0.15) is 0 Å². The zero-order chi connectivity index (χ0) is 15.5. The fourth-order valence-corrected chi connectivity index (χ4v) is 3.21. The van der Waals surface area contributed by atoms with Gasteiger partial charge in [0.2, 0.25) is 10.0 Å². The van der Waals surface area contributed by atoms with Crippen LogP contribution in [0.3, 0.4) is 0 Å².